The second-order valence-electron chi connectivity index (χ2n) is 5.54. The van der Waals surface area contributed by atoms with E-state index < -0.39 is 23.4 Å². The average molecular weight is 587 g/mol. The Hall–Kier alpha value is -2.56. The number of methoxy groups -OCH3 is 4. The first-order valence-electron chi connectivity index (χ1n) is 8.86. The second kappa shape index (κ2) is 18.7. The van der Waals surface area contributed by atoms with Crippen molar-refractivity contribution in [3.63, 3.8) is 0 Å². The van der Waals surface area contributed by atoms with E-state index in [-0.39, 0.29) is 47.7 Å². The van der Waals surface area contributed by atoms with E-state index >= 15 is 0 Å². The molecule has 186 valence electrons. The molecule has 0 fully saturated rings. The number of hydrogen-bond donors (Lipinski definition) is 2. The predicted molar refractivity (Wildman–Crippen MR) is 123 cm³/mol. The number of aromatic hydroxyl groups is 2. The molecular weight excluding hydrogens is 565 g/mol. The molecule has 0 spiro atoms. The van der Waals surface area contributed by atoms with Crippen LogP contribution in [0.3, 0.4) is 0 Å². The van der Waals surface area contributed by atoms with E-state index in [2.05, 4.69) is 25.4 Å². The van der Waals surface area contributed by atoms with Crippen molar-refractivity contribution in [3.8, 4) is 34.5 Å². The Balaban J connectivity index is 0. The molecule has 2 N–H and O–H groups in total. The number of rotatable bonds is 4. The number of halogens is 2. The van der Waals surface area contributed by atoms with Crippen molar-refractivity contribution in [3.05, 3.63) is 42.0 Å². The maximum atomic E-state index is 11.3. The summed E-state index contributed by atoms with van der Waals surface area (Å²) in [5, 5.41) is 24.7. The molecule has 1 aliphatic rings. The van der Waals surface area contributed by atoms with Crippen molar-refractivity contribution < 1.29 is 77.8 Å². The van der Waals surface area contributed by atoms with Crippen LogP contribution >= 0.6 is 27.5 Å². The summed E-state index contributed by atoms with van der Waals surface area (Å²) in [6.45, 7) is 4.89. The van der Waals surface area contributed by atoms with Crippen molar-refractivity contribution in [2.75, 3.05) is 40.0 Å². The van der Waals surface area contributed by atoms with E-state index in [9.17, 15) is 19.8 Å². The summed E-state index contributed by atoms with van der Waals surface area (Å²) in [4.78, 5) is 22.9. The van der Waals surface area contributed by atoms with Gasteiger partial charge in [0.05, 0.1) is 44.4 Å². The van der Waals surface area contributed by atoms with Crippen LogP contribution in [0.1, 0.15) is 20.7 Å². The Morgan fingerprint density at radius 3 is 1.89 bits per heavy atom. The molecule has 14 heteroatoms. The molecule has 0 saturated carbocycles. The monoisotopic (exact) mass is 585 g/mol. The molecule has 2 aromatic rings. The minimum absolute atomic E-state index is 0. The molecule has 35 heavy (non-hydrogen) atoms. The first-order chi connectivity index (χ1) is 16.3. The molecule has 0 atom stereocenters. The Kier molecular flexibility index (Phi) is 18.5. The topological polar surface area (TPSA) is 154 Å². The number of carbonyl (C=O) groups excluding carboxylic acids is 2. The fourth-order valence-electron chi connectivity index (χ4n) is 2.35. The smallest absolute Gasteiger partial charge is 0.512 e. The van der Waals surface area contributed by atoms with Crippen molar-refractivity contribution in [2.24, 2.45) is 0 Å². The van der Waals surface area contributed by atoms with Crippen LogP contribution in [0.4, 0.5) is 0 Å². The number of benzene rings is 2. The molecule has 3 rings (SSSR count). The molecule has 0 saturated heterocycles. The average Bonchev–Trinajstić information content (AvgIpc) is 3.35. The summed E-state index contributed by atoms with van der Waals surface area (Å²) in [6.07, 6.45) is 0. The van der Waals surface area contributed by atoms with Gasteiger partial charge in [-0.05, 0) is 24.3 Å². The first kappa shape index (κ1) is 34.6. The third kappa shape index (κ3) is 10.3. The quantitative estimate of drug-likeness (QED) is 0.172. The van der Waals surface area contributed by atoms with Crippen LogP contribution in [-0.4, -0.2) is 62.2 Å². The largest absolute Gasteiger partial charge is 1.00 e. The van der Waals surface area contributed by atoms with Crippen LogP contribution in [0, 0.1) is 11.8 Å². The van der Waals surface area contributed by atoms with Crippen LogP contribution in [-0.2, 0) is 9.47 Å². The van der Waals surface area contributed by atoms with Gasteiger partial charge in [-0.25, -0.2) is 9.59 Å². The zero-order valence-electron chi connectivity index (χ0n) is 19.6. The number of nitrogens with zero attached hydrogens (tertiary/aromatic N) is 1. The summed E-state index contributed by atoms with van der Waals surface area (Å²) in [5.41, 5.74) is 0.484. The van der Waals surface area contributed by atoms with Crippen molar-refractivity contribution in [1.29, 1.82) is 5.26 Å². The van der Waals surface area contributed by atoms with Crippen LogP contribution in [0.5, 0.6) is 34.5 Å². The van der Waals surface area contributed by atoms with Gasteiger partial charge in [0.15, 0.2) is 23.0 Å². The molecule has 0 aliphatic carbocycles. The number of esters is 2. The molecular formula is C21H22BrClNNaO10. The Bertz CT molecular complexity index is 990. The zero-order valence-corrected chi connectivity index (χ0v) is 23.9. The van der Waals surface area contributed by atoms with Gasteiger partial charge >= 0.3 is 41.5 Å². The summed E-state index contributed by atoms with van der Waals surface area (Å²) in [5.74, 6) is -0.384. The molecule has 1 heterocycles. The van der Waals surface area contributed by atoms with Gasteiger partial charge < -0.3 is 50.5 Å². The summed E-state index contributed by atoms with van der Waals surface area (Å²) in [6, 6.07) is 5.50. The van der Waals surface area contributed by atoms with Crippen molar-refractivity contribution >= 4 is 39.5 Å². The second-order valence-corrected chi connectivity index (χ2v) is 7.02. The molecule has 2 aromatic carbocycles. The number of phenolic OH excluding ortho intramolecular Hbond substituents is 2. The number of phenols is 2. The van der Waals surface area contributed by atoms with Crippen LogP contribution in [0.15, 0.2) is 24.3 Å². The number of hydrogen-bond acceptors (Lipinski definition) is 11. The van der Waals surface area contributed by atoms with Crippen LogP contribution in [0.2, 0.25) is 0 Å². The number of fused-ring (bicyclic) bond motifs is 1. The van der Waals surface area contributed by atoms with Gasteiger partial charge in [-0.15, -0.1) is 11.6 Å². The summed E-state index contributed by atoms with van der Waals surface area (Å²) >= 11 is 7.83. The Morgan fingerprint density at radius 1 is 0.971 bits per heavy atom. The van der Waals surface area contributed by atoms with Crippen LogP contribution in [0.25, 0.3) is 0 Å². The molecule has 11 nitrogen and oxygen atoms in total. The molecule has 1 aliphatic heterocycles. The van der Waals surface area contributed by atoms with E-state index in [1.54, 1.807) is 12.1 Å². The molecule has 0 radical (unpaired) electrons. The number of alkyl halides is 2. The Morgan fingerprint density at radius 2 is 1.43 bits per heavy atom. The standard InChI is InChI=1S/C10H10O5.C9H10O5.CH2BrCl.CN.Na/c1-12-7-3-6(10(11)13-2)4-8-9(7)15-5-14-8;1-13-7-4-5(9(12)14-2)3-6(10)8(7)11;2-1-3;1-2;/h3-4H,5H2,1-2H3;3-4,10-11H,1-2H3;1H2;;/q;;;-1;+1. The molecule has 0 aromatic heterocycles. The third-order valence-corrected chi connectivity index (χ3v) is 3.78. The van der Waals surface area contributed by atoms with Gasteiger partial charge in [0, 0.05) is 0 Å². The fraction of sp³-hybridized carbons (Fsp3) is 0.286. The number of ether oxygens (including phenoxy) is 6. The van der Waals surface area contributed by atoms with E-state index in [4.69, 9.17) is 42.4 Å². The van der Waals surface area contributed by atoms with Crippen molar-refractivity contribution in [2.45, 2.75) is 0 Å². The third-order valence-electron chi connectivity index (χ3n) is 3.78. The van der Waals surface area contributed by atoms with E-state index in [1.165, 1.54) is 34.5 Å². The minimum atomic E-state index is -0.612. The van der Waals surface area contributed by atoms with E-state index in [1.807, 2.05) is 0 Å². The van der Waals surface area contributed by atoms with Gasteiger partial charge in [0.2, 0.25) is 18.3 Å². The van der Waals surface area contributed by atoms with Gasteiger partial charge in [0.1, 0.15) is 0 Å². The fourth-order valence-corrected chi connectivity index (χ4v) is 2.35. The molecule has 0 amide bonds. The van der Waals surface area contributed by atoms with E-state index in [0.29, 0.717) is 27.6 Å². The number of carbonyl (C=O) groups is 2. The predicted octanol–water partition coefficient (Wildman–Crippen LogP) is 0.781. The van der Waals surface area contributed by atoms with Gasteiger partial charge in [0.25, 0.3) is 0 Å². The summed E-state index contributed by atoms with van der Waals surface area (Å²) < 4.78 is 29.2. The van der Waals surface area contributed by atoms with Crippen molar-refractivity contribution in [1.82, 2.24) is 0 Å². The van der Waals surface area contributed by atoms with Gasteiger partial charge in [-0.3, -0.25) is 0 Å². The normalized spacial score (nSPS) is 9.71. The minimum Gasteiger partial charge on any atom is -0.512 e. The molecule has 0 unspecified atom stereocenters. The maximum absolute atomic E-state index is 11.3. The van der Waals surface area contributed by atoms with E-state index in [0.717, 1.165) is 6.07 Å². The zero-order chi connectivity index (χ0) is 26.3. The van der Waals surface area contributed by atoms with Crippen LogP contribution < -0.4 is 48.5 Å². The molecule has 0 bridgehead atoms. The SMILES string of the molecule is COC(=O)c1cc(O)c(O)c(OC)c1.COC(=O)c1cc(OC)c2c(c1)OCO2.ClCBr.[C-]#N.[Na+]. The Labute approximate surface area is 237 Å². The summed E-state index contributed by atoms with van der Waals surface area (Å²) in [7, 11) is 5.35. The first-order valence-corrected chi connectivity index (χ1v) is 10.5. The van der Waals surface area contributed by atoms with Gasteiger partial charge in [-0.1, -0.05) is 15.9 Å². The maximum Gasteiger partial charge on any atom is 1.00 e. The van der Waals surface area contributed by atoms with Gasteiger partial charge in [-0.2, -0.15) is 0 Å².